The first-order valence-corrected chi connectivity index (χ1v) is 9.41. The summed E-state index contributed by atoms with van der Waals surface area (Å²) >= 11 is 0. The highest BCUT2D eigenvalue weighted by Crippen LogP contribution is 2.62. The van der Waals surface area contributed by atoms with Gasteiger partial charge in [0.05, 0.1) is 11.3 Å². The van der Waals surface area contributed by atoms with Gasteiger partial charge in [-0.2, -0.15) is 0 Å². The van der Waals surface area contributed by atoms with Crippen LogP contribution in [-0.2, 0) is 5.60 Å². The number of Topliss-reactive ketones (excluding diaryl/α,β-unsaturated/α-hetero) is 2. The van der Waals surface area contributed by atoms with Gasteiger partial charge in [-0.15, -0.1) is 0 Å². The van der Waals surface area contributed by atoms with E-state index in [-0.39, 0.29) is 17.5 Å². The van der Waals surface area contributed by atoms with Crippen molar-refractivity contribution in [3.8, 4) is 0 Å². The molecule has 2 aliphatic rings. The Morgan fingerprint density at radius 1 is 1.12 bits per heavy atom. The minimum atomic E-state index is -1.45. The molecule has 1 N–H and O–H groups in total. The molecule has 2 aromatic rings. The third-order valence-corrected chi connectivity index (χ3v) is 6.73. The number of carbonyl (C=O) groups excluding carboxylic acids is 2. The number of hydrogen-bond acceptors (Lipinski definition) is 3. The van der Waals surface area contributed by atoms with Gasteiger partial charge in [-0.25, -0.2) is 0 Å². The third kappa shape index (κ3) is 2.04. The second-order valence-electron chi connectivity index (χ2n) is 7.89. The standard InChI is InChI=1S/C23H24O3/c1-3-15-13-14-22(2)21(25)17-11-7-8-12-18(17)23(22,26)19(15)20(24)16-9-5-4-6-10-16/h4-12,15,19,26H,3,13-14H2,1-2H3. The van der Waals surface area contributed by atoms with E-state index >= 15 is 0 Å². The Morgan fingerprint density at radius 2 is 1.77 bits per heavy atom. The van der Waals surface area contributed by atoms with Crippen LogP contribution >= 0.6 is 0 Å². The van der Waals surface area contributed by atoms with Crippen molar-refractivity contribution in [2.24, 2.45) is 17.3 Å². The number of ketones is 2. The predicted molar refractivity (Wildman–Crippen MR) is 100 cm³/mol. The van der Waals surface area contributed by atoms with Crippen molar-refractivity contribution >= 4 is 11.6 Å². The summed E-state index contributed by atoms with van der Waals surface area (Å²) in [4.78, 5) is 26.7. The minimum absolute atomic E-state index is 0.0315. The molecule has 2 aromatic carbocycles. The molecule has 0 saturated heterocycles. The highest BCUT2D eigenvalue weighted by Gasteiger charge is 2.67. The lowest BCUT2D eigenvalue weighted by molar-refractivity contribution is -0.131. The van der Waals surface area contributed by atoms with E-state index in [1.54, 1.807) is 18.2 Å². The van der Waals surface area contributed by atoms with Crippen LogP contribution < -0.4 is 0 Å². The Morgan fingerprint density at radius 3 is 2.46 bits per heavy atom. The van der Waals surface area contributed by atoms with Crippen LogP contribution in [0.4, 0.5) is 0 Å². The summed E-state index contributed by atoms with van der Waals surface area (Å²) in [7, 11) is 0. The zero-order chi connectivity index (χ0) is 18.5. The molecule has 26 heavy (non-hydrogen) atoms. The SMILES string of the molecule is CCC1CCC2(C)C(=O)c3ccccc3C2(O)C1C(=O)c1ccccc1. The molecule has 4 unspecified atom stereocenters. The second-order valence-corrected chi connectivity index (χ2v) is 7.89. The van der Waals surface area contributed by atoms with Crippen LogP contribution in [0.2, 0.25) is 0 Å². The molecule has 134 valence electrons. The van der Waals surface area contributed by atoms with Crippen molar-refractivity contribution in [2.45, 2.75) is 38.7 Å². The summed E-state index contributed by atoms with van der Waals surface area (Å²) in [6, 6.07) is 16.4. The first kappa shape index (κ1) is 17.2. The van der Waals surface area contributed by atoms with E-state index in [2.05, 4.69) is 6.92 Å². The summed E-state index contributed by atoms with van der Waals surface area (Å²) in [5.41, 5.74) is -0.602. The minimum Gasteiger partial charge on any atom is -0.383 e. The zero-order valence-corrected chi connectivity index (χ0v) is 15.2. The van der Waals surface area contributed by atoms with Gasteiger partial charge < -0.3 is 5.11 Å². The van der Waals surface area contributed by atoms with Crippen molar-refractivity contribution in [1.29, 1.82) is 0 Å². The third-order valence-electron chi connectivity index (χ3n) is 6.73. The van der Waals surface area contributed by atoms with Crippen molar-refractivity contribution in [3.63, 3.8) is 0 Å². The van der Waals surface area contributed by atoms with Gasteiger partial charge in [-0.05, 0) is 31.2 Å². The molecule has 4 rings (SSSR count). The summed E-state index contributed by atoms with van der Waals surface area (Å²) < 4.78 is 0. The monoisotopic (exact) mass is 348 g/mol. The van der Waals surface area contributed by atoms with Gasteiger partial charge in [0.25, 0.3) is 0 Å². The highest BCUT2D eigenvalue weighted by atomic mass is 16.3. The lowest BCUT2D eigenvalue weighted by Gasteiger charge is -2.51. The normalized spacial score (nSPS) is 32.8. The van der Waals surface area contributed by atoms with Crippen LogP contribution in [-0.4, -0.2) is 16.7 Å². The number of fused-ring (bicyclic) bond motifs is 3. The van der Waals surface area contributed by atoms with Gasteiger partial charge in [0.1, 0.15) is 5.60 Å². The molecule has 0 radical (unpaired) electrons. The van der Waals surface area contributed by atoms with E-state index in [4.69, 9.17) is 0 Å². The molecule has 2 aliphatic carbocycles. The Labute approximate surface area is 154 Å². The average Bonchev–Trinajstić information content (AvgIpc) is 2.86. The van der Waals surface area contributed by atoms with Gasteiger partial charge in [-0.3, -0.25) is 9.59 Å². The van der Waals surface area contributed by atoms with Crippen LogP contribution in [0.15, 0.2) is 54.6 Å². The first-order chi connectivity index (χ1) is 12.4. The van der Waals surface area contributed by atoms with Crippen molar-refractivity contribution in [2.75, 3.05) is 0 Å². The van der Waals surface area contributed by atoms with Crippen LogP contribution in [0.3, 0.4) is 0 Å². The predicted octanol–water partition coefficient (Wildman–Crippen LogP) is 4.40. The van der Waals surface area contributed by atoms with E-state index in [9.17, 15) is 14.7 Å². The topological polar surface area (TPSA) is 54.4 Å². The summed E-state index contributed by atoms with van der Waals surface area (Å²) in [5.74, 6) is -0.646. The Hall–Kier alpha value is -2.26. The quantitative estimate of drug-likeness (QED) is 0.837. The second kappa shape index (κ2) is 5.88. The molecule has 3 heteroatoms. The van der Waals surface area contributed by atoms with Crippen molar-refractivity contribution in [3.05, 3.63) is 71.3 Å². The lowest BCUT2D eigenvalue weighted by atomic mass is 9.54. The number of aliphatic hydroxyl groups is 1. The summed E-state index contributed by atoms with van der Waals surface area (Å²) in [5, 5.41) is 12.0. The van der Waals surface area contributed by atoms with Crippen LogP contribution in [0.1, 0.15) is 59.4 Å². The fourth-order valence-corrected chi connectivity index (χ4v) is 5.20. The Bertz CT molecular complexity index is 872. The largest absolute Gasteiger partial charge is 0.383 e. The molecule has 0 aliphatic heterocycles. The number of hydrogen-bond donors (Lipinski definition) is 1. The molecule has 3 nitrogen and oxygen atoms in total. The Balaban J connectivity index is 1.93. The van der Waals surface area contributed by atoms with Crippen LogP contribution in [0, 0.1) is 17.3 Å². The maximum atomic E-state index is 13.5. The lowest BCUT2D eigenvalue weighted by Crippen LogP contribution is -2.57. The van der Waals surface area contributed by atoms with Crippen LogP contribution in [0.25, 0.3) is 0 Å². The maximum Gasteiger partial charge on any atom is 0.172 e. The van der Waals surface area contributed by atoms with E-state index in [0.29, 0.717) is 23.1 Å². The molecule has 1 saturated carbocycles. The first-order valence-electron chi connectivity index (χ1n) is 9.41. The van der Waals surface area contributed by atoms with Crippen LogP contribution in [0.5, 0.6) is 0 Å². The maximum absolute atomic E-state index is 13.5. The fourth-order valence-electron chi connectivity index (χ4n) is 5.20. The fraction of sp³-hybridized carbons (Fsp3) is 0.391. The van der Waals surface area contributed by atoms with E-state index in [1.165, 1.54) is 0 Å². The average molecular weight is 348 g/mol. The summed E-state index contributed by atoms with van der Waals surface area (Å²) in [6.07, 6.45) is 2.18. The molecule has 0 bridgehead atoms. The number of carbonyl (C=O) groups is 2. The Kier molecular flexibility index (Phi) is 3.89. The van der Waals surface area contributed by atoms with Gasteiger partial charge in [0.2, 0.25) is 0 Å². The molecule has 0 spiro atoms. The highest BCUT2D eigenvalue weighted by molar-refractivity contribution is 6.09. The number of benzene rings is 2. The van der Waals surface area contributed by atoms with Gasteiger partial charge in [0, 0.05) is 11.1 Å². The molecule has 0 heterocycles. The van der Waals surface area contributed by atoms with E-state index < -0.39 is 16.9 Å². The molecule has 4 atom stereocenters. The van der Waals surface area contributed by atoms with E-state index in [0.717, 1.165) is 12.8 Å². The van der Waals surface area contributed by atoms with E-state index in [1.807, 2.05) is 43.3 Å². The molecule has 0 amide bonds. The number of rotatable bonds is 3. The molecular weight excluding hydrogens is 324 g/mol. The van der Waals surface area contributed by atoms with Gasteiger partial charge in [0.15, 0.2) is 11.6 Å². The van der Waals surface area contributed by atoms with Gasteiger partial charge >= 0.3 is 0 Å². The summed E-state index contributed by atoms with van der Waals surface area (Å²) in [6.45, 7) is 3.90. The van der Waals surface area contributed by atoms with Crippen molar-refractivity contribution in [1.82, 2.24) is 0 Å². The molecule has 1 fully saturated rings. The van der Waals surface area contributed by atoms with Crippen molar-refractivity contribution < 1.29 is 14.7 Å². The zero-order valence-electron chi connectivity index (χ0n) is 15.2. The smallest absolute Gasteiger partial charge is 0.172 e. The molecule has 0 aromatic heterocycles. The molecular formula is C23H24O3. The van der Waals surface area contributed by atoms with Gasteiger partial charge in [-0.1, -0.05) is 67.9 Å².